The van der Waals surface area contributed by atoms with Crippen LogP contribution in [0.15, 0.2) is 42.5 Å². The van der Waals surface area contributed by atoms with Gasteiger partial charge in [-0.3, -0.25) is 9.59 Å². The van der Waals surface area contributed by atoms with Gasteiger partial charge in [0.15, 0.2) is 17.6 Å². The van der Waals surface area contributed by atoms with Crippen molar-refractivity contribution in [2.45, 2.75) is 39.2 Å². The number of amides is 2. The highest BCUT2D eigenvalue weighted by atomic mass is 16.7. The third-order valence-corrected chi connectivity index (χ3v) is 5.92. The molecule has 1 atom stereocenters. The lowest BCUT2D eigenvalue weighted by atomic mass is 10.0. The van der Waals surface area contributed by atoms with E-state index in [4.69, 9.17) is 14.2 Å². The van der Waals surface area contributed by atoms with Crippen LogP contribution in [0.5, 0.6) is 17.2 Å². The smallest absolute Gasteiger partial charge is 0.263 e. The van der Waals surface area contributed by atoms with Crippen LogP contribution in [0.25, 0.3) is 0 Å². The number of nitrogens with zero attached hydrogens (tertiary/aromatic N) is 2. The van der Waals surface area contributed by atoms with E-state index >= 15 is 0 Å². The summed E-state index contributed by atoms with van der Waals surface area (Å²) in [6.45, 7) is 8.40. The molecule has 4 rings (SSSR count). The molecule has 2 aliphatic heterocycles. The molecular weight excluding hydrogens is 408 g/mol. The number of ether oxygens (including phenoxy) is 3. The molecule has 1 unspecified atom stereocenters. The Kier molecular flexibility index (Phi) is 6.53. The molecule has 2 heterocycles. The third-order valence-electron chi connectivity index (χ3n) is 5.92. The van der Waals surface area contributed by atoms with Crippen LogP contribution in [0.3, 0.4) is 0 Å². The fourth-order valence-corrected chi connectivity index (χ4v) is 4.00. The van der Waals surface area contributed by atoms with E-state index in [0.29, 0.717) is 54.9 Å². The van der Waals surface area contributed by atoms with E-state index in [1.807, 2.05) is 24.3 Å². The van der Waals surface area contributed by atoms with Crippen molar-refractivity contribution in [1.29, 1.82) is 0 Å². The molecule has 32 heavy (non-hydrogen) atoms. The minimum atomic E-state index is -0.587. The molecule has 0 radical (unpaired) electrons. The molecule has 0 bridgehead atoms. The van der Waals surface area contributed by atoms with Gasteiger partial charge in [0.05, 0.1) is 0 Å². The Morgan fingerprint density at radius 1 is 0.875 bits per heavy atom. The number of fused-ring (bicyclic) bond motifs is 1. The zero-order chi connectivity index (χ0) is 22.7. The summed E-state index contributed by atoms with van der Waals surface area (Å²) in [5.41, 5.74) is 1.80. The molecule has 2 aliphatic rings. The molecule has 0 aliphatic carbocycles. The topological polar surface area (TPSA) is 68.3 Å². The highest BCUT2D eigenvalue weighted by molar-refractivity contribution is 5.95. The van der Waals surface area contributed by atoms with Gasteiger partial charge in [0.25, 0.3) is 11.8 Å². The number of hydrogen-bond donors (Lipinski definition) is 0. The van der Waals surface area contributed by atoms with Crippen molar-refractivity contribution in [1.82, 2.24) is 9.80 Å². The van der Waals surface area contributed by atoms with Gasteiger partial charge >= 0.3 is 0 Å². The van der Waals surface area contributed by atoms with Gasteiger partial charge < -0.3 is 24.0 Å². The Hall–Kier alpha value is -3.22. The first-order chi connectivity index (χ1) is 15.4. The normalized spacial score (nSPS) is 16.6. The number of carbonyl (C=O) groups excluding carboxylic acids is 2. The highest BCUT2D eigenvalue weighted by Gasteiger charge is 2.27. The molecule has 2 aromatic carbocycles. The maximum absolute atomic E-state index is 13.0. The van der Waals surface area contributed by atoms with Gasteiger partial charge in [0, 0.05) is 31.7 Å². The lowest BCUT2D eigenvalue weighted by Crippen LogP contribution is -2.43. The monoisotopic (exact) mass is 438 g/mol. The first-order valence-electron chi connectivity index (χ1n) is 11.2. The van der Waals surface area contributed by atoms with Gasteiger partial charge in [-0.05, 0) is 55.2 Å². The second-order valence-corrected chi connectivity index (χ2v) is 8.52. The fourth-order valence-electron chi connectivity index (χ4n) is 4.00. The van der Waals surface area contributed by atoms with E-state index in [0.717, 1.165) is 6.42 Å². The lowest BCUT2D eigenvalue weighted by Gasteiger charge is -2.25. The molecule has 170 valence electrons. The van der Waals surface area contributed by atoms with Crippen molar-refractivity contribution in [2.75, 3.05) is 33.0 Å². The maximum Gasteiger partial charge on any atom is 0.263 e. The van der Waals surface area contributed by atoms with Crippen LogP contribution in [0, 0.1) is 0 Å². The number of benzene rings is 2. The van der Waals surface area contributed by atoms with Gasteiger partial charge in [-0.25, -0.2) is 0 Å². The Balaban J connectivity index is 1.34. The van der Waals surface area contributed by atoms with E-state index < -0.39 is 6.10 Å². The molecular formula is C25H30N2O5. The van der Waals surface area contributed by atoms with Gasteiger partial charge in [0.2, 0.25) is 6.79 Å². The van der Waals surface area contributed by atoms with Crippen LogP contribution >= 0.6 is 0 Å². The minimum absolute atomic E-state index is 0.0599. The predicted molar refractivity (Wildman–Crippen MR) is 120 cm³/mol. The molecule has 0 N–H and O–H groups in total. The fraction of sp³-hybridized carbons (Fsp3) is 0.440. The van der Waals surface area contributed by atoms with E-state index in [9.17, 15) is 9.59 Å². The Bertz CT molecular complexity index is 973. The summed E-state index contributed by atoms with van der Waals surface area (Å²) < 4.78 is 16.6. The number of hydrogen-bond acceptors (Lipinski definition) is 5. The van der Waals surface area contributed by atoms with Gasteiger partial charge in [-0.1, -0.05) is 26.0 Å². The molecule has 1 saturated heterocycles. The Labute approximate surface area is 188 Å². The quantitative estimate of drug-likeness (QED) is 0.712. The summed E-state index contributed by atoms with van der Waals surface area (Å²) in [6.07, 6.45) is 0.133. The van der Waals surface area contributed by atoms with Crippen molar-refractivity contribution >= 4 is 11.8 Å². The summed E-state index contributed by atoms with van der Waals surface area (Å²) in [4.78, 5) is 29.5. The van der Waals surface area contributed by atoms with E-state index in [2.05, 4.69) is 13.8 Å². The average Bonchev–Trinajstić information content (AvgIpc) is 3.13. The molecule has 0 aromatic heterocycles. The minimum Gasteiger partial charge on any atom is -0.481 e. The zero-order valence-corrected chi connectivity index (χ0v) is 18.9. The van der Waals surface area contributed by atoms with Crippen LogP contribution in [-0.2, 0) is 4.79 Å². The molecule has 1 fully saturated rings. The Morgan fingerprint density at radius 2 is 1.56 bits per heavy atom. The molecule has 7 heteroatoms. The predicted octanol–water partition coefficient (Wildman–Crippen LogP) is 3.68. The van der Waals surface area contributed by atoms with Crippen LogP contribution in [0.1, 0.15) is 49.0 Å². The number of rotatable bonds is 5. The Morgan fingerprint density at radius 3 is 2.31 bits per heavy atom. The molecule has 2 amide bonds. The second kappa shape index (κ2) is 9.51. The summed E-state index contributed by atoms with van der Waals surface area (Å²) in [7, 11) is 0. The lowest BCUT2D eigenvalue weighted by molar-refractivity contribution is -0.137. The van der Waals surface area contributed by atoms with E-state index in [1.54, 1.807) is 34.9 Å². The molecule has 2 aromatic rings. The highest BCUT2D eigenvalue weighted by Crippen LogP contribution is 2.33. The maximum atomic E-state index is 13.0. The standard InChI is InChI=1S/C25H30N2O5/c1-17(2)19-5-8-21(9-6-19)32-18(3)24(28)26-11-4-12-27(14-13-26)25(29)20-7-10-22-23(15-20)31-16-30-22/h5-10,15,17-18H,4,11-14,16H2,1-3H3. The van der Waals surface area contributed by atoms with Crippen LogP contribution < -0.4 is 14.2 Å². The largest absolute Gasteiger partial charge is 0.481 e. The molecule has 0 spiro atoms. The average molecular weight is 439 g/mol. The van der Waals surface area contributed by atoms with Gasteiger partial charge in [-0.15, -0.1) is 0 Å². The van der Waals surface area contributed by atoms with Gasteiger partial charge in [-0.2, -0.15) is 0 Å². The first-order valence-corrected chi connectivity index (χ1v) is 11.2. The summed E-state index contributed by atoms with van der Waals surface area (Å²) in [5.74, 6) is 2.26. The van der Waals surface area contributed by atoms with Crippen molar-refractivity contribution in [3.63, 3.8) is 0 Å². The molecule has 0 saturated carbocycles. The van der Waals surface area contributed by atoms with Gasteiger partial charge in [0.1, 0.15) is 5.75 Å². The van der Waals surface area contributed by atoms with Crippen molar-refractivity contribution in [2.24, 2.45) is 0 Å². The van der Waals surface area contributed by atoms with Crippen LogP contribution in [0.2, 0.25) is 0 Å². The SMILES string of the molecule is CC(Oc1ccc(C(C)C)cc1)C(=O)N1CCCN(C(=O)c2ccc3c(c2)OCO3)CC1. The van der Waals surface area contributed by atoms with Crippen molar-refractivity contribution < 1.29 is 23.8 Å². The molecule has 7 nitrogen and oxygen atoms in total. The van der Waals surface area contributed by atoms with Crippen molar-refractivity contribution in [3.8, 4) is 17.2 Å². The number of carbonyl (C=O) groups is 2. The second-order valence-electron chi connectivity index (χ2n) is 8.52. The first kappa shape index (κ1) is 22.0. The van der Waals surface area contributed by atoms with Crippen LogP contribution in [-0.4, -0.2) is 60.7 Å². The van der Waals surface area contributed by atoms with Crippen LogP contribution in [0.4, 0.5) is 0 Å². The van der Waals surface area contributed by atoms with E-state index in [1.165, 1.54) is 5.56 Å². The van der Waals surface area contributed by atoms with E-state index in [-0.39, 0.29) is 18.6 Å². The summed E-state index contributed by atoms with van der Waals surface area (Å²) in [5, 5.41) is 0. The third kappa shape index (κ3) is 4.82. The zero-order valence-electron chi connectivity index (χ0n) is 18.9. The summed E-state index contributed by atoms with van der Waals surface area (Å²) in [6, 6.07) is 13.1. The summed E-state index contributed by atoms with van der Waals surface area (Å²) >= 11 is 0. The van der Waals surface area contributed by atoms with Crippen molar-refractivity contribution in [3.05, 3.63) is 53.6 Å².